The Bertz CT molecular complexity index is 1120. The number of hydrogen-bond acceptors (Lipinski definition) is 6. The largest absolute Gasteiger partial charge is 0.328 e. The molecule has 1 atom stereocenters. The van der Waals surface area contributed by atoms with Crippen molar-refractivity contribution in [2.24, 2.45) is 0 Å². The lowest BCUT2D eigenvalue weighted by atomic mass is 9.93. The Morgan fingerprint density at radius 3 is 2.69 bits per heavy atom. The second-order valence-electron chi connectivity index (χ2n) is 8.09. The first-order chi connectivity index (χ1) is 15.5. The van der Waals surface area contributed by atoms with Crippen LogP contribution in [0.25, 0.3) is 0 Å². The van der Waals surface area contributed by atoms with Crippen molar-refractivity contribution in [3.05, 3.63) is 71.2 Å². The SMILES string of the molecule is CCCSc1nc2n(n1)C(c1ccc(C(C)C)cc1)C(C(=O)Nc1cccnc1)=C(C)N2. The summed E-state index contributed by atoms with van der Waals surface area (Å²) in [6.45, 7) is 8.38. The van der Waals surface area contributed by atoms with E-state index in [1.165, 1.54) is 5.56 Å². The minimum atomic E-state index is -0.382. The van der Waals surface area contributed by atoms with Gasteiger partial charge < -0.3 is 10.6 Å². The third-order valence-electron chi connectivity index (χ3n) is 5.35. The van der Waals surface area contributed by atoms with Gasteiger partial charge in [0.2, 0.25) is 11.1 Å². The smallest absolute Gasteiger partial charge is 0.255 e. The number of rotatable bonds is 7. The van der Waals surface area contributed by atoms with Gasteiger partial charge in [-0.3, -0.25) is 9.78 Å². The van der Waals surface area contributed by atoms with E-state index in [1.54, 1.807) is 30.2 Å². The molecule has 32 heavy (non-hydrogen) atoms. The Morgan fingerprint density at radius 1 is 1.25 bits per heavy atom. The number of carbonyl (C=O) groups is 1. The molecule has 0 saturated heterocycles. The average Bonchev–Trinajstić information content (AvgIpc) is 3.19. The van der Waals surface area contributed by atoms with E-state index >= 15 is 0 Å². The lowest BCUT2D eigenvalue weighted by Gasteiger charge is -2.28. The van der Waals surface area contributed by atoms with Crippen molar-refractivity contribution in [2.45, 2.75) is 51.2 Å². The molecule has 4 rings (SSSR count). The maximum absolute atomic E-state index is 13.4. The molecule has 0 bridgehead atoms. The molecule has 2 N–H and O–H groups in total. The summed E-state index contributed by atoms with van der Waals surface area (Å²) in [5, 5.41) is 11.7. The van der Waals surface area contributed by atoms with E-state index in [-0.39, 0.29) is 11.9 Å². The number of aromatic nitrogens is 4. The van der Waals surface area contributed by atoms with Crippen LogP contribution in [0.3, 0.4) is 0 Å². The highest BCUT2D eigenvalue weighted by atomic mass is 32.2. The summed E-state index contributed by atoms with van der Waals surface area (Å²) in [5.74, 6) is 1.83. The molecule has 0 saturated carbocycles. The minimum absolute atomic E-state index is 0.190. The quantitative estimate of drug-likeness (QED) is 0.482. The number of carbonyl (C=O) groups excluding carboxylic acids is 1. The van der Waals surface area contributed by atoms with E-state index in [9.17, 15) is 4.79 Å². The number of nitrogens with one attached hydrogen (secondary N) is 2. The van der Waals surface area contributed by atoms with Gasteiger partial charge in [0.25, 0.3) is 5.91 Å². The van der Waals surface area contributed by atoms with Crippen molar-refractivity contribution in [1.29, 1.82) is 0 Å². The molecule has 3 aromatic rings. The monoisotopic (exact) mass is 448 g/mol. The molecule has 8 heteroatoms. The van der Waals surface area contributed by atoms with Crippen molar-refractivity contribution in [3.8, 4) is 0 Å². The summed E-state index contributed by atoms with van der Waals surface area (Å²) in [7, 11) is 0. The summed E-state index contributed by atoms with van der Waals surface area (Å²) in [5.41, 5.74) is 4.26. The van der Waals surface area contributed by atoms with Crippen molar-refractivity contribution >= 4 is 29.3 Å². The summed E-state index contributed by atoms with van der Waals surface area (Å²) in [6, 6.07) is 11.6. The topological polar surface area (TPSA) is 84.7 Å². The van der Waals surface area contributed by atoms with Crippen LogP contribution >= 0.6 is 11.8 Å². The van der Waals surface area contributed by atoms with Gasteiger partial charge in [0.1, 0.15) is 6.04 Å². The summed E-state index contributed by atoms with van der Waals surface area (Å²) in [4.78, 5) is 22.2. The van der Waals surface area contributed by atoms with Crippen LogP contribution in [0, 0.1) is 0 Å². The number of nitrogens with zero attached hydrogens (tertiary/aromatic N) is 4. The highest BCUT2D eigenvalue weighted by Crippen LogP contribution is 2.37. The van der Waals surface area contributed by atoms with E-state index in [4.69, 9.17) is 5.10 Å². The standard InChI is InChI=1S/C24H28N6OS/c1-5-13-32-24-28-23-26-16(4)20(22(31)27-19-7-6-12-25-14-19)21(30(23)29-24)18-10-8-17(9-11-18)15(2)3/h6-12,14-15,21H,5,13H2,1-4H3,(H,27,31)(H,26,28,29). The number of allylic oxidation sites excluding steroid dienone is 1. The van der Waals surface area contributed by atoms with Crippen LogP contribution in [0.2, 0.25) is 0 Å². The molecule has 3 heterocycles. The maximum Gasteiger partial charge on any atom is 0.255 e. The van der Waals surface area contributed by atoms with Gasteiger partial charge in [0.15, 0.2) is 0 Å². The lowest BCUT2D eigenvalue weighted by Crippen LogP contribution is -2.31. The predicted octanol–water partition coefficient (Wildman–Crippen LogP) is 5.23. The zero-order valence-corrected chi connectivity index (χ0v) is 19.6. The Labute approximate surface area is 192 Å². The van der Waals surface area contributed by atoms with E-state index in [1.807, 2.05) is 17.7 Å². The van der Waals surface area contributed by atoms with Crippen LogP contribution in [0.15, 0.2) is 65.2 Å². The van der Waals surface area contributed by atoms with Gasteiger partial charge >= 0.3 is 0 Å². The second-order valence-corrected chi connectivity index (χ2v) is 9.16. The van der Waals surface area contributed by atoms with Crippen molar-refractivity contribution in [1.82, 2.24) is 19.7 Å². The molecule has 0 fully saturated rings. The molecule has 0 spiro atoms. The van der Waals surface area contributed by atoms with Gasteiger partial charge in [-0.25, -0.2) is 4.68 Å². The first kappa shape index (κ1) is 22.1. The highest BCUT2D eigenvalue weighted by Gasteiger charge is 2.34. The normalized spacial score (nSPS) is 15.5. The molecule has 1 aliphatic rings. The molecule has 1 amide bonds. The Hall–Kier alpha value is -3.13. The molecule has 1 unspecified atom stereocenters. The molecule has 1 aliphatic heterocycles. The fraction of sp³-hybridized carbons (Fsp3) is 0.333. The third kappa shape index (κ3) is 4.55. The van der Waals surface area contributed by atoms with Gasteiger partial charge in [0.05, 0.1) is 17.5 Å². The summed E-state index contributed by atoms with van der Waals surface area (Å²) < 4.78 is 1.83. The number of thioether (sulfide) groups is 1. The van der Waals surface area contributed by atoms with Gasteiger partial charge in [-0.2, -0.15) is 4.98 Å². The molecule has 2 aromatic heterocycles. The van der Waals surface area contributed by atoms with E-state index in [2.05, 4.69) is 65.6 Å². The molecular formula is C24H28N6OS. The lowest BCUT2D eigenvalue weighted by molar-refractivity contribution is -0.113. The van der Waals surface area contributed by atoms with E-state index < -0.39 is 0 Å². The van der Waals surface area contributed by atoms with Crippen LogP contribution in [0.1, 0.15) is 57.2 Å². The summed E-state index contributed by atoms with van der Waals surface area (Å²) in [6.07, 6.45) is 4.35. The van der Waals surface area contributed by atoms with Crippen LogP contribution in [0.5, 0.6) is 0 Å². The Balaban J connectivity index is 1.75. The first-order valence-electron chi connectivity index (χ1n) is 10.9. The zero-order valence-electron chi connectivity index (χ0n) is 18.8. The number of amides is 1. The van der Waals surface area contributed by atoms with Crippen molar-refractivity contribution < 1.29 is 4.79 Å². The van der Waals surface area contributed by atoms with Crippen LogP contribution in [-0.2, 0) is 4.79 Å². The van der Waals surface area contributed by atoms with Crippen LogP contribution in [-0.4, -0.2) is 31.4 Å². The number of fused-ring (bicyclic) bond motifs is 1. The zero-order chi connectivity index (χ0) is 22.7. The molecule has 7 nitrogen and oxygen atoms in total. The Morgan fingerprint density at radius 2 is 2.03 bits per heavy atom. The fourth-order valence-electron chi connectivity index (χ4n) is 3.69. The minimum Gasteiger partial charge on any atom is -0.328 e. The van der Waals surface area contributed by atoms with Gasteiger partial charge in [-0.05, 0) is 42.5 Å². The van der Waals surface area contributed by atoms with E-state index in [0.717, 1.165) is 23.4 Å². The third-order valence-corrected chi connectivity index (χ3v) is 6.39. The number of anilines is 2. The van der Waals surface area contributed by atoms with Crippen molar-refractivity contribution in [2.75, 3.05) is 16.4 Å². The predicted molar refractivity (Wildman–Crippen MR) is 129 cm³/mol. The van der Waals surface area contributed by atoms with Gasteiger partial charge in [0, 0.05) is 17.6 Å². The average molecular weight is 449 g/mol. The molecular weight excluding hydrogens is 420 g/mol. The number of benzene rings is 1. The van der Waals surface area contributed by atoms with E-state index in [0.29, 0.717) is 28.3 Å². The molecule has 166 valence electrons. The molecule has 0 aliphatic carbocycles. The van der Waals surface area contributed by atoms with Crippen LogP contribution in [0.4, 0.5) is 11.6 Å². The van der Waals surface area contributed by atoms with Gasteiger partial charge in [-0.1, -0.05) is 56.8 Å². The summed E-state index contributed by atoms with van der Waals surface area (Å²) >= 11 is 1.62. The number of hydrogen-bond donors (Lipinski definition) is 2. The first-order valence-corrected chi connectivity index (χ1v) is 11.8. The maximum atomic E-state index is 13.4. The fourth-order valence-corrected chi connectivity index (χ4v) is 4.37. The second kappa shape index (κ2) is 9.56. The highest BCUT2D eigenvalue weighted by molar-refractivity contribution is 7.99. The molecule has 0 radical (unpaired) electrons. The van der Waals surface area contributed by atoms with Crippen molar-refractivity contribution in [3.63, 3.8) is 0 Å². The molecule has 1 aromatic carbocycles. The Kier molecular flexibility index (Phi) is 6.60. The van der Waals surface area contributed by atoms with Crippen LogP contribution < -0.4 is 10.6 Å². The van der Waals surface area contributed by atoms with Gasteiger partial charge in [-0.15, -0.1) is 5.10 Å². The number of pyridine rings is 1.